The molecule has 0 aliphatic carbocycles. The number of aromatic nitrogens is 2. The monoisotopic (exact) mass is 262 g/mol. The third kappa shape index (κ3) is 3.39. The van der Waals surface area contributed by atoms with E-state index in [9.17, 15) is 0 Å². The van der Waals surface area contributed by atoms with E-state index >= 15 is 0 Å². The van der Waals surface area contributed by atoms with E-state index in [0.717, 1.165) is 29.3 Å². The molecule has 0 spiro atoms. The molecule has 0 amide bonds. The van der Waals surface area contributed by atoms with E-state index < -0.39 is 0 Å². The molecule has 2 nitrogen and oxygen atoms in total. The van der Waals surface area contributed by atoms with Crippen LogP contribution in [0.4, 0.5) is 0 Å². The lowest BCUT2D eigenvalue weighted by Crippen LogP contribution is -2.12. The van der Waals surface area contributed by atoms with Crippen LogP contribution in [0.25, 0.3) is 0 Å². The van der Waals surface area contributed by atoms with E-state index in [0.29, 0.717) is 17.7 Å². The molecule has 0 aliphatic rings. The molecule has 0 aromatic carbocycles. The highest BCUT2D eigenvalue weighted by molar-refractivity contribution is 6.31. The Balaban J connectivity index is 2.77. The smallest absolute Gasteiger partial charge is 0.0847 e. The largest absolute Gasteiger partial charge is 0.271 e. The van der Waals surface area contributed by atoms with Crippen molar-refractivity contribution in [3.8, 4) is 0 Å². The van der Waals surface area contributed by atoms with Crippen LogP contribution in [0.3, 0.4) is 0 Å². The first-order valence-corrected chi connectivity index (χ1v) is 6.60. The van der Waals surface area contributed by atoms with Gasteiger partial charge in [0.05, 0.1) is 16.4 Å². The number of halogens is 2. The first-order chi connectivity index (χ1) is 7.45. The highest BCUT2D eigenvalue weighted by atomic mass is 35.5. The lowest BCUT2D eigenvalue weighted by atomic mass is 9.94. The van der Waals surface area contributed by atoms with Gasteiger partial charge < -0.3 is 0 Å². The number of hydrogen-bond acceptors (Lipinski definition) is 1. The van der Waals surface area contributed by atoms with Crippen molar-refractivity contribution in [1.82, 2.24) is 9.78 Å². The molecular weight excluding hydrogens is 243 g/mol. The molecular formula is C12H20Cl2N2. The third-order valence-corrected chi connectivity index (χ3v) is 3.69. The van der Waals surface area contributed by atoms with Gasteiger partial charge in [-0.3, -0.25) is 4.68 Å². The highest BCUT2D eigenvalue weighted by Gasteiger charge is 2.17. The van der Waals surface area contributed by atoms with E-state index in [-0.39, 0.29) is 0 Å². The predicted molar refractivity (Wildman–Crippen MR) is 70.3 cm³/mol. The quantitative estimate of drug-likeness (QED) is 0.738. The van der Waals surface area contributed by atoms with Crippen molar-refractivity contribution in [3.05, 3.63) is 16.4 Å². The zero-order valence-electron chi connectivity index (χ0n) is 10.4. The van der Waals surface area contributed by atoms with Crippen LogP contribution in [-0.2, 0) is 13.5 Å². The van der Waals surface area contributed by atoms with Crippen LogP contribution in [-0.4, -0.2) is 15.7 Å². The fraction of sp³-hybridized carbons (Fsp3) is 0.750. The number of alkyl halides is 1. The summed E-state index contributed by atoms with van der Waals surface area (Å²) in [5, 5.41) is 5.11. The Kier molecular flexibility index (Phi) is 5.13. The molecule has 1 rings (SSSR count). The summed E-state index contributed by atoms with van der Waals surface area (Å²) in [7, 11) is 1.94. The van der Waals surface area contributed by atoms with Gasteiger partial charge in [0.2, 0.25) is 0 Å². The first kappa shape index (κ1) is 13.9. The van der Waals surface area contributed by atoms with Crippen LogP contribution >= 0.6 is 23.2 Å². The molecule has 4 heteroatoms. The zero-order valence-corrected chi connectivity index (χ0v) is 11.9. The summed E-state index contributed by atoms with van der Waals surface area (Å²) >= 11 is 12.2. The first-order valence-electron chi connectivity index (χ1n) is 5.69. The summed E-state index contributed by atoms with van der Waals surface area (Å²) in [5.41, 5.74) is 2.00. The minimum Gasteiger partial charge on any atom is -0.271 e. The second kappa shape index (κ2) is 5.92. The van der Waals surface area contributed by atoms with Crippen LogP contribution < -0.4 is 0 Å². The van der Waals surface area contributed by atoms with Crippen molar-refractivity contribution in [1.29, 1.82) is 0 Å². The van der Waals surface area contributed by atoms with Gasteiger partial charge in [-0.1, -0.05) is 25.4 Å². The van der Waals surface area contributed by atoms with E-state index in [1.54, 1.807) is 0 Å². The van der Waals surface area contributed by atoms with Gasteiger partial charge in [-0.15, -0.1) is 11.6 Å². The molecule has 0 aliphatic heterocycles. The van der Waals surface area contributed by atoms with Crippen LogP contribution in [0.15, 0.2) is 0 Å². The molecule has 0 radical (unpaired) electrons. The zero-order chi connectivity index (χ0) is 12.3. The van der Waals surface area contributed by atoms with E-state index in [2.05, 4.69) is 18.9 Å². The minimum absolute atomic E-state index is 0.481. The van der Waals surface area contributed by atoms with Gasteiger partial charge in [-0.25, -0.2) is 0 Å². The maximum Gasteiger partial charge on any atom is 0.0847 e. The molecule has 1 aromatic heterocycles. The maximum atomic E-state index is 6.23. The molecule has 1 atom stereocenters. The molecule has 0 N–H and O–H groups in total. The second-order valence-corrected chi connectivity index (χ2v) is 5.51. The summed E-state index contributed by atoms with van der Waals surface area (Å²) in [5.74, 6) is 1.82. The topological polar surface area (TPSA) is 17.8 Å². The second-order valence-electron chi connectivity index (χ2n) is 4.82. The number of rotatable bonds is 5. The molecule has 92 valence electrons. The standard InChI is InChI=1S/C12H20Cl2N2/c1-8(2)5-10(7-13)6-11-12(14)9(3)15-16(11)4/h8,10H,5-7H2,1-4H3. The van der Waals surface area contributed by atoms with Gasteiger partial charge in [0, 0.05) is 12.9 Å². The Bertz CT molecular complexity index is 345. The molecule has 1 unspecified atom stereocenters. The van der Waals surface area contributed by atoms with Crippen molar-refractivity contribution in [2.75, 3.05) is 5.88 Å². The maximum absolute atomic E-state index is 6.23. The van der Waals surface area contributed by atoms with Crippen LogP contribution in [0.1, 0.15) is 31.7 Å². The molecule has 1 heterocycles. The van der Waals surface area contributed by atoms with Crippen molar-refractivity contribution in [2.45, 2.75) is 33.6 Å². The molecule has 0 saturated carbocycles. The number of nitrogens with zero attached hydrogens (tertiary/aromatic N) is 2. The fourth-order valence-corrected chi connectivity index (χ4v) is 2.52. The van der Waals surface area contributed by atoms with Crippen molar-refractivity contribution >= 4 is 23.2 Å². The summed E-state index contributed by atoms with van der Waals surface area (Å²) in [6.07, 6.45) is 2.04. The molecule has 1 aromatic rings. The van der Waals surface area contributed by atoms with Gasteiger partial charge in [0.1, 0.15) is 0 Å². The van der Waals surface area contributed by atoms with Crippen molar-refractivity contribution in [3.63, 3.8) is 0 Å². The van der Waals surface area contributed by atoms with Gasteiger partial charge in [-0.2, -0.15) is 5.10 Å². The average Bonchev–Trinajstić information content (AvgIpc) is 2.43. The Morgan fingerprint density at radius 3 is 2.38 bits per heavy atom. The van der Waals surface area contributed by atoms with Crippen LogP contribution in [0.2, 0.25) is 5.02 Å². The minimum atomic E-state index is 0.481. The molecule has 0 saturated heterocycles. The summed E-state index contributed by atoms with van der Waals surface area (Å²) in [6.45, 7) is 6.37. The number of aryl methyl sites for hydroxylation is 2. The number of hydrogen-bond donors (Lipinski definition) is 0. The fourth-order valence-electron chi connectivity index (χ4n) is 2.04. The normalized spacial score (nSPS) is 13.4. The Hall–Kier alpha value is -0.210. The summed E-state index contributed by atoms with van der Waals surface area (Å²) < 4.78 is 1.87. The van der Waals surface area contributed by atoms with Crippen molar-refractivity contribution < 1.29 is 0 Å². The SMILES string of the molecule is Cc1nn(C)c(CC(CCl)CC(C)C)c1Cl. The Labute approximate surface area is 108 Å². The summed E-state index contributed by atoms with van der Waals surface area (Å²) in [6, 6.07) is 0. The van der Waals surface area contributed by atoms with E-state index in [1.807, 2.05) is 18.7 Å². The lowest BCUT2D eigenvalue weighted by Gasteiger charge is -2.16. The molecule has 16 heavy (non-hydrogen) atoms. The molecule has 0 fully saturated rings. The van der Waals surface area contributed by atoms with Crippen LogP contribution in [0.5, 0.6) is 0 Å². The lowest BCUT2D eigenvalue weighted by molar-refractivity contribution is 0.432. The Morgan fingerprint density at radius 2 is 2.00 bits per heavy atom. The van der Waals surface area contributed by atoms with Crippen molar-refractivity contribution in [2.24, 2.45) is 18.9 Å². The van der Waals surface area contributed by atoms with Gasteiger partial charge >= 0.3 is 0 Å². The highest BCUT2D eigenvalue weighted by Crippen LogP contribution is 2.25. The van der Waals surface area contributed by atoms with E-state index in [1.165, 1.54) is 0 Å². The van der Waals surface area contributed by atoms with Gasteiger partial charge in [0.15, 0.2) is 0 Å². The van der Waals surface area contributed by atoms with E-state index in [4.69, 9.17) is 23.2 Å². The van der Waals surface area contributed by atoms with Crippen LogP contribution in [0, 0.1) is 18.8 Å². The predicted octanol–water partition coefficient (Wildman–Crippen LogP) is 3.83. The third-order valence-electron chi connectivity index (χ3n) is 2.77. The average molecular weight is 263 g/mol. The molecule has 0 bridgehead atoms. The Morgan fingerprint density at radius 1 is 1.38 bits per heavy atom. The summed E-state index contributed by atoms with van der Waals surface area (Å²) in [4.78, 5) is 0. The van der Waals surface area contributed by atoms with Gasteiger partial charge in [-0.05, 0) is 31.6 Å². The van der Waals surface area contributed by atoms with Gasteiger partial charge in [0.25, 0.3) is 0 Å².